The van der Waals surface area contributed by atoms with Gasteiger partial charge in [0.15, 0.2) is 0 Å². The summed E-state index contributed by atoms with van der Waals surface area (Å²) in [7, 11) is 0. The van der Waals surface area contributed by atoms with E-state index in [0.717, 1.165) is 18.4 Å². The molecule has 0 heterocycles. The molecule has 2 aliphatic carbocycles. The van der Waals surface area contributed by atoms with Crippen LogP contribution < -0.4 is 0 Å². The number of aryl methyl sites for hydroxylation is 2. The summed E-state index contributed by atoms with van der Waals surface area (Å²) in [5.74, 6) is 0.471. The van der Waals surface area contributed by atoms with Crippen molar-refractivity contribution >= 4 is 10.8 Å². The standard InChI is InChI=1S/C18H20O/c19-18(14-4-1-2-5-14)16-11-10-13-9-8-12-6-3-7-15(16)17(12)13/h3,6-7,10-11,14,18-19H,1-2,4-5,8-9H2. The predicted molar refractivity (Wildman–Crippen MR) is 78.3 cm³/mol. The molecule has 1 N–H and O–H groups in total. The normalized spacial score (nSPS) is 20.3. The minimum absolute atomic E-state index is 0.271. The Morgan fingerprint density at radius 3 is 2.47 bits per heavy atom. The summed E-state index contributed by atoms with van der Waals surface area (Å²) < 4.78 is 0. The molecule has 1 heteroatoms. The number of hydrogen-bond donors (Lipinski definition) is 1. The van der Waals surface area contributed by atoms with Crippen LogP contribution in [0.1, 0.15) is 48.5 Å². The molecule has 0 radical (unpaired) electrons. The Balaban J connectivity index is 1.87. The highest BCUT2D eigenvalue weighted by molar-refractivity contribution is 5.93. The summed E-state index contributed by atoms with van der Waals surface area (Å²) in [6.45, 7) is 0. The lowest BCUT2D eigenvalue weighted by molar-refractivity contribution is 0.113. The lowest BCUT2D eigenvalue weighted by atomic mass is 9.89. The molecule has 1 fully saturated rings. The first-order chi connectivity index (χ1) is 9.34. The van der Waals surface area contributed by atoms with Crippen LogP contribution >= 0.6 is 0 Å². The lowest BCUT2D eigenvalue weighted by Gasteiger charge is -2.20. The average Bonchev–Trinajstić information content (AvgIpc) is 3.09. The van der Waals surface area contributed by atoms with Gasteiger partial charge in [-0.2, -0.15) is 0 Å². The van der Waals surface area contributed by atoms with Crippen LogP contribution in [0.4, 0.5) is 0 Å². The molecule has 2 aromatic carbocycles. The Kier molecular flexibility index (Phi) is 2.63. The van der Waals surface area contributed by atoms with Gasteiger partial charge in [0, 0.05) is 0 Å². The highest BCUT2D eigenvalue weighted by Crippen LogP contribution is 2.40. The molecule has 2 aliphatic rings. The predicted octanol–water partition coefficient (Wildman–Crippen LogP) is 4.16. The van der Waals surface area contributed by atoms with Gasteiger partial charge in [-0.3, -0.25) is 0 Å². The Bertz CT molecular complexity index is 613. The van der Waals surface area contributed by atoms with Gasteiger partial charge in [-0.1, -0.05) is 43.2 Å². The van der Waals surface area contributed by atoms with Crippen LogP contribution in [0.5, 0.6) is 0 Å². The Hall–Kier alpha value is -1.34. The van der Waals surface area contributed by atoms with Gasteiger partial charge in [0.05, 0.1) is 6.10 Å². The van der Waals surface area contributed by atoms with Crippen LogP contribution in [0.15, 0.2) is 30.3 Å². The van der Waals surface area contributed by atoms with E-state index in [4.69, 9.17) is 0 Å². The maximum Gasteiger partial charge on any atom is 0.0824 e. The number of aliphatic hydroxyl groups excluding tert-OH is 1. The van der Waals surface area contributed by atoms with Crippen LogP contribution in [0.2, 0.25) is 0 Å². The maximum atomic E-state index is 10.7. The molecule has 0 aliphatic heterocycles. The molecular formula is C18H20O. The fraction of sp³-hybridized carbons (Fsp3) is 0.444. The Morgan fingerprint density at radius 1 is 0.947 bits per heavy atom. The van der Waals surface area contributed by atoms with Crippen LogP contribution in [0, 0.1) is 5.92 Å². The summed E-state index contributed by atoms with van der Waals surface area (Å²) >= 11 is 0. The van der Waals surface area contributed by atoms with E-state index < -0.39 is 0 Å². The molecule has 2 aromatic rings. The fourth-order valence-electron chi connectivity index (χ4n) is 4.05. The Morgan fingerprint density at radius 2 is 1.68 bits per heavy atom. The molecule has 1 nitrogen and oxygen atoms in total. The van der Waals surface area contributed by atoms with Crippen molar-refractivity contribution in [2.45, 2.75) is 44.6 Å². The van der Waals surface area contributed by atoms with E-state index in [-0.39, 0.29) is 6.10 Å². The molecule has 19 heavy (non-hydrogen) atoms. The zero-order valence-electron chi connectivity index (χ0n) is 11.2. The average molecular weight is 252 g/mol. The van der Waals surface area contributed by atoms with E-state index in [1.54, 1.807) is 0 Å². The van der Waals surface area contributed by atoms with Crippen LogP contribution in [0.25, 0.3) is 10.8 Å². The van der Waals surface area contributed by atoms with Crippen molar-refractivity contribution in [1.82, 2.24) is 0 Å². The first-order valence-electron chi connectivity index (χ1n) is 7.56. The minimum atomic E-state index is -0.271. The number of aliphatic hydroxyl groups is 1. The summed E-state index contributed by atoms with van der Waals surface area (Å²) in [5.41, 5.74) is 4.09. The number of rotatable bonds is 2. The zero-order valence-corrected chi connectivity index (χ0v) is 11.2. The third kappa shape index (κ3) is 1.72. The second-order valence-corrected chi connectivity index (χ2v) is 6.14. The lowest BCUT2D eigenvalue weighted by Crippen LogP contribution is -2.09. The van der Waals surface area contributed by atoms with Crippen molar-refractivity contribution in [2.24, 2.45) is 5.92 Å². The Labute approximate surface area is 114 Å². The molecule has 0 aromatic heterocycles. The summed E-state index contributed by atoms with van der Waals surface area (Å²) in [4.78, 5) is 0. The number of benzene rings is 2. The third-order valence-corrected chi connectivity index (χ3v) is 5.08. The van der Waals surface area contributed by atoms with Crippen molar-refractivity contribution in [3.63, 3.8) is 0 Å². The molecule has 1 unspecified atom stereocenters. The van der Waals surface area contributed by atoms with Gasteiger partial charge in [-0.15, -0.1) is 0 Å². The van der Waals surface area contributed by atoms with Gasteiger partial charge in [-0.25, -0.2) is 0 Å². The fourth-order valence-corrected chi connectivity index (χ4v) is 4.05. The first-order valence-corrected chi connectivity index (χ1v) is 7.56. The second kappa shape index (κ2) is 4.35. The maximum absolute atomic E-state index is 10.7. The molecule has 0 spiro atoms. The highest BCUT2D eigenvalue weighted by Gasteiger charge is 2.27. The van der Waals surface area contributed by atoms with Crippen LogP contribution in [-0.2, 0) is 12.8 Å². The van der Waals surface area contributed by atoms with Crippen molar-refractivity contribution in [1.29, 1.82) is 0 Å². The van der Waals surface area contributed by atoms with Crippen molar-refractivity contribution in [2.75, 3.05) is 0 Å². The van der Waals surface area contributed by atoms with E-state index in [9.17, 15) is 5.11 Å². The van der Waals surface area contributed by atoms with E-state index in [2.05, 4.69) is 30.3 Å². The highest BCUT2D eigenvalue weighted by atomic mass is 16.3. The van der Waals surface area contributed by atoms with Gasteiger partial charge >= 0.3 is 0 Å². The molecule has 1 atom stereocenters. The molecule has 1 saturated carbocycles. The second-order valence-electron chi connectivity index (χ2n) is 6.14. The van der Waals surface area contributed by atoms with Gasteiger partial charge in [0.1, 0.15) is 0 Å². The van der Waals surface area contributed by atoms with Gasteiger partial charge in [0.2, 0.25) is 0 Å². The first kappa shape index (κ1) is 11.5. The molecule has 98 valence electrons. The minimum Gasteiger partial charge on any atom is -0.388 e. The monoisotopic (exact) mass is 252 g/mol. The molecule has 0 bridgehead atoms. The van der Waals surface area contributed by atoms with Crippen LogP contribution in [0.3, 0.4) is 0 Å². The largest absolute Gasteiger partial charge is 0.388 e. The molecule has 0 saturated heterocycles. The molecule has 4 rings (SSSR count). The van der Waals surface area contributed by atoms with Crippen molar-refractivity contribution in [3.8, 4) is 0 Å². The van der Waals surface area contributed by atoms with E-state index in [1.807, 2.05) is 0 Å². The molecule has 0 amide bonds. The van der Waals surface area contributed by atoms with Crippen molar-refractivity contribution in [3.05, 3.63) is 47.0 Å². The quantitative estimate of drug-likeness (QED) is 0.850. The van der Waals surface area contributed by atoms with E-state index >= 15 is 0 Å². The summed E-state index contributed by atoms with van der Waals surface area (Å²) in [6.07, 6.45) is 6.98. The summed E-state index contributed by atoms with van der Waals surface area (Å²) in [6, 6.07) is 11.0. The van der Waals surface area contributed by atoms with E-state index in [0.29, 0.717) is 5.92 Å². The molecular weight excluding hydrogens is 232 g/mol. The van der Waals surface area contributed by atoms with Gasteiger partial charge in [-0.05, 0) is 59.1 Å². The van der Waals surface area contributed by atoms with Crippen molar-refractivity contribution < 1.29 is 5.11 Å². The van der Waals surface area contributed by atoms with Crippen LogP contribution in [-0.4, -0.2) is 5.11 Å². The smallest absolute Gasteiger partial charge is 0.0824 e. The topological polar surface area (TPSA) is 20.2 Å². The van der Waals surface area contributed by atoms with Gasteiger partial charge < -0.3 is 5.11 Å². The third-order valence-electron chi connectivity index (χ3n) is 5.08. The zero-order chi connectivity index (χ0) is 12.8. The SMILES string of the molecule is OC(c1ccc2c3c(cccc13)CC2)C1CCCC1. The summed E-state index contributed by atoms with van der Waals surface area (Å²) in [5, 5.41) is 13.4. The number of hydrogen-bond acceptors (Lipinski definition) is 1. The van der Waals surface area contributed by atoms with E-state index in [1.165, 1.54) is 47.6 Å². The van der Waals surface area contributed by atoms with Gasteiger partial charge in [0.25, 0.3) is 0 Å².